The van der Waals surface area contributed by atoms with E-state index in [0.29, 0.717) is 24.4 Å². The summed E-state index contributed by atoms with van der Waals surface area (Å²) in [6, 6.07) is -0.355. The first kappa shape index (κ1) is 15.5. The van der Waals surface area contributed by atoms with Crippen LogP contribution in [0.25, 0.3) is 0 Å². The molecule has 1 atom stereocenters. The molecule has 1 heterocycles. The second-order valence-electron chi connectivity index (χ2n) is 5.61. The topological polar surface area (TPSA) is 87.4 Å². The van der Waals surface area contributed by atoms with Crippen molar-refractivity contribution in [2.24, 2.45) is 5.41 Å². The van der Waals surface area contributed by atoms with Gasteiger partial charge in [-0.05, 0) is 18.8 Å². The van der Waals surface area contributed by atoms with E-state index in [0.717, 1.165) is 0 Å². The number of hydrogen-bond acceptors (Lipinski definition) is 4. The summed E-state index contributed by atoms with van der Waals surface area (Å²) in [6.45, 7) is 8.24. The van der Waals surface area contributed by atoms with Gasteiger partial charge < -0.3 is 20.2 Å². The lowest BCUT2D eigenvalue weighted by Crippen LogP contribution is -2.48. The third kappa shape index (κ3) is 4.90. The standard InChI is InChI=1S/C13H23N3O3/c1-9-10(15-8-19-9)7-14-12(18)16-11(5-6-17)13(2,3)4/h8,11,17H,5-7H2,1-4H3,(H2,14,16,18)/t11-/m0/s1. The molecule has 0 saturated carbocycles. The summed E-state index contributed by atoms with van der Waals surface area (Å²) in [5, 5.41) is 14.6. The van der Waals surface area contributed by atoms with E-state index in [9.17, 15) is 4.79 Å². The van der Waals surface area contributed by atoms with Gasteiger partial charge in [-0.3, -0.25) is 0 Å². The van der Waals surface area contributed by atoms with Crippen LogP contribution in [-0.2, 0) is 6.54 Å². The van der Waals surface area contributed by atoms with Gasteiger partial charge in [0.2, 0.25) is 0 Å². The van der Waals surface area contributed by atoms with Crippen molar-refractivity contribution in [2.75, 3.05) is 6.61 Å². The predicted octanol–water partition coefficient (Wildman–Crippen LogP) is 1.58. The number of nitrogens with one attached hydrogen (secondary N) is 2. The van der Waals surface area contributed by atoms with Crippen molar-refractivity contribution in [3.8, 4) is 0 Å². The minimum Gasteiger partial charge on any atom is -0.448 e. The van der Waals surface area contributed by atoms with Crippen molar-refractivity contribution in [3.05, 3.63) is 17.8 Å². The number of amides is 2. The van der Waals surface area contributed by atoms with Crippen LogP contribution in [-0.4, -0.2) is 28.8 Å². The van der Waals surface area contributed by atoms with Crippen LogP contribution in [0.5, 0.6) is 0 Å². The monoisotopic (exact) mass is 269 g/mol. The van der Waals surface area contributed by atoms with Crippen molar-refractivity contribution in [1.82, 2.24) is 15.6 Å². The highest BCUT2D eigenvalue weighted by Crippen LogP contribution is 2.21. The molecule has 1 aromatic rings. The second kappa shape index (κ2) is 6.56. The van der Waals surface area contributed by atoms with Gasteiger partial charge in [-0.25, -0.2) is 9.78 Å². The number of urea groups is 1. The third-order valence-electron chi connectivity index (χ3n) is 3.03. The number of aliphatic hydroxyl groups excluding tert-OH is 1. The number of rotatable bonds is 5. The number of carbonyl (C=O) groups excluding carboxylic acids is 1. The fraction of sp³-hybridized carbons (Fsp3) is 0.692. The molecule has 0 aromatic carbocycles. The van der Waals surface area contributed by atoms with Crippen molar-refractivity contribution >= 4 is 6.03 Å². The van der Waals surface area contributed by atoms with Crippen molar-refractivity contribution in [2.45, 2.75) is 46.7 Å². The summed E-state index contributed by atoms with van der Waals surface area (Å²) >= 11 is 0. The van der Waals surface area contributed by atoms with Gasteiger partial charge in [0, 0.05) is 12.6 Å². The summed E-state index contributed by atoms with van der Waals surface area (Å²) in [5.74, 6) is 0.697. The van der Waals surface area contributed by atoms with Crippen molar-refractivity contribution < 1.29 is 14.3 Å². The normalized spacial score (nSPS) is 13.1. The number of aliphatic hydroxyl groups is 1. The van der Waals surface area contributed by atoms with E-state index >= 15 is 0 Å². The number of nitrogens with zero attached hydrogens (tertiary/aromatic N) is 1. The Bertz CT molecular complexity index is 410. The van der Waals surface area contributed by atoms with Gasteiger partial charge in [0.1, 0.15) is 11.5 Å². The van der Waals surface area contributed by atoms with E-state index in [1.165, 1.54) is 6.39 Å². The minimum atomic E-state index is -0.268. The van der Waals surface area contributed by atoms with Crippen molar-refractivity contribution in [1.29, 1.82) is 0 Å². The molecule has 6 heteroatoms. The average molecular weight is 269 g/mol. The molecule has 0 radical (unpaired) electrons. The number of carbonyl (C=O) groups is 1. The maximum Gasteiger partial charge on any atom is 0.315 e. The third-order valence-corrected chi connectivity index (χ3v) is 3.03. The first-order valence-corrected chi connectivity index (χ1v) is 6.38. The number of hydrogen-bond donors (Lipinski definition) is 3. The molecule has 0 saturated heterocycles. The number of oxazole rings is 1. The molecule has 0 bridgehead atoms. The summed E-state index contributed by atoms with van der Waals surface area (Å²) in [4.78, 5) is 15.8. The predicted molar refractivity (Wildman–Crippen MR) is 71.6 cm³/mol. The Hall–Kier alpha value is -1.56. The lowest BCUT2D eigenvalue weighted by molar-refractivity contribution is 0.189. The van der Waals surface area contributed by atoms with Crippen LogP contribution >= 0.6 is 0 Å². The van der Waals surface area contributed by atoms with Crippen LogP contribution in [0.1, 0.15) is 38.6 Å². The molecule has 108 valence electrons. The minimum absolute atomic E-state index is 0.0462. The maximum absolute atomic E-state index is 11.8. The summed E-state index contributed by atoms with van der Waals surface area (Å²) in [6.07, 6.45) is 1.88. The number of aromatic nitrogens is 1. The van der Waals surface area contributed by atoms with Crippen LogP contribution in [0.3, 0.4) is 0 Å². The lowest BCUT2D eigenvalue weighted by Gasteiger charge is -2.31. The highest BCUT2D eigenvalue weighted by atomic mass is 16.3. The zero-order chi connectivity index (χ0) is 14.5. The van der Waals surface area contributed by atoms with Gasteiger partial charge in [-0.15, -0.1) is 0 Å². The van der Waals surface area contributed by atoms with E-state index in [2.05, 4.69) is 15.6 Å². The quantitative estimate of drug-likeness (QED) is 0.757. The molecule has 0 fully saturated rings. The Balaban J connectivity index is 2.47. The van der Waals surface area contributed by atoms with Gasteiger partial charge in [0.15, 0.2) is 6.39 Å². The van der Waals surface area contributed by atoms with Crippen molar-refractivity contribution in [3.63, 3.8) is 0 Å². The zero-order valence-corrected chi connectivity index (χ0v) is 12.0. The molecule has 0 aliphatic rings. The van der Waals surface area contributed by atoms with E-state index in [4.69, 9.17) is 9.52 Å². The Morgan fingerprint density at radius 2 is 2.21 bits per heavy atom. The first-order chi connectivity index (χ1) is 8.84. The highest BCUT2D eigenvalue weighted by molar-refractivity contribution is 5.74. The molecule has 6 nitrogen and oxygen atoms in total. The summed E-state index contributed by atoms with van der Waals surface area (Å²) in [5.41, 5.74) is 0.605. The molecule has 0 unspecified atom stereocenters. The van der Waals surface area contributed by atoms with Gasteiger partial charge in [-0.2, -0.15) is 0 Å². The lowest BCUT2D eigenvalue weighted by atomic mass is 9.85. The molecule has 0 aliphatic heterocycles. The van der Waals surface area contributed by atoms with Crippen LogP contribution in [0, 0.1) is 12.3 Å². The van der Waals surface area contributed by atoms with E-state index < -0.39 is 0 Å². The molecular weight excluding hydrogens is 246 g/mol. The molecule has 2 amide bonds. The van der Waals surface area contributed by atoms with Gasteiger partial charge in [0.25, 0.3) is 0 Å². The Labute approximate surface area is 113 Å². The molecular formula is C13H23N3O3. The summed E-state index contributed by atoms with van der Waals surface area (Å²) in [7, 11) is 0. The zero-order valence-electron chi connectivity index (χ0n) is 12.0. The molecule has 0 spiro atoms. The van der Waals surface area contributed by atoms with Crippen LogP contribution in [0.15, 0.2) is 10.8 Å². The van der Waals surface area contributed by atoms with Gasteiger partial charge >= 0.3 is 6.03 Å². The molecule has 0 aliphatic carbocycles. The Morgan fingerprint density at radius 3 is 2.68 bits per heavy atom. The Morgan fingerprint density at radius 1 is 1.53 bits per heavy atom. The fourth-order valence-electron chi connectivity index (χ4n) is 1.72. The first-order valence-electron chi connectivity index (χ1n) is 6.38. The molecule has 19 heavy (non-hydrogen) atoms. The average Bonchev–Trinajstić information content (AvgIpc) is 2.70. The largest absolute Gasteiger partial charge is 0.448 e. The van der Waals surface area contributed by atoms with E-state index in [1.807, 2.05) is 20.8 Å². The van der Waals surface area contributed by atoms with E-state index in [-0.39, 0.29) is 24.1 Å². The maximum atomic E-state index is 11.8. The smallest absolute Gasteiger partial charge is 0.315 e. The van der Waals surface area contributed by atoms with Crippen LogP contribution in [0.4, 0.5) is 4.79 Å². The van der Waals surface area contributed by atoms with Crippen LogP contribution in [0.2, 0.25) is 0 Å². The Kier molecular flexibility index (Phi) is 5.35. The van der Waals surface area contributed by atoms with Gasteiger partial charge in [0.05, 0.1) is 6.54 Å². The highest BCUT2D eigenvalue weighted by Gasteiger charge is 2.25. The second-order valence-corrected chi connectivity index (χ2v) is 5.61. The fourth-order valence-corrected chi connectivity index (χ4v) is 1.72. The molecule has 1 aromatic heterocycles. The summed E-state index contributed by atoms with van der Waals surface area (Å²) < 4.78 is 5.05. The molecule has 1 rings (SSSR count). The molecule has 3 N–H and O–H groups in total. The number of aryl methyl sites for hydroxylation is 1. The SMILES string of the molecule is Cc1ocnc1CNC(=O)N[C@@H](CCO)C(C)(C)C. The van der Waals surface area contributed by atoms with E-state index in [1.54, 1.807) is 6.92 Å². The van der Waals surface area contributed by atoms with Gasteiger partial charge in [-0.1, -0.05) is 20.8 Å². The van der Waals surface area contributed by atoms with Crippen LogP contribution < -0.4 is 10.6 Å².